The topological polar surface area (TPSA) is 81.0 Å². The van der Waals surface area contributed by atoms with Crippen molar-refractivity contribution in [2.24, 2.45) is 5.41 Å². The summed E-state index contributed by atoms with van der Waals surface area (Å²) >= 11 is 0. The first-order valence-electron chi connectivity index (χ1n) is 10.3. The van der Waals surface area contributed by atoms with Crippen LogP contribution in [0.1, 0.15) is 37.9 Å². The van der Waals surface area contributed by atoms with Crippen LogP contribution in [0.15, 0.2) is 30.6 Å². The largest absolute Gasteiger partial charge is 0.369 e. The molecule has 1 N–H and O–H groups in total. The molecule has 1 aliphatic heterocycles. The van der Waals surface area contributed by atoms with Crippen molar-refractivity contribution in [1.82, 2.24) is 24.8 Å². The molecule has 0 saturated carbocycles. The van der Waals surface area contributed by atoms with E-state index in [2.05, 4.69) is 56.9 Å². The van der Waals surface area contributed by atoms with Crippen molar-refractivity contribution in [3.05, 3.63) is 47.7 Å². The smallest absolute Gasteiger partial charge is 0.234 e. The number of hydrogen-bond acceptors (Lipinski definition) is 7. The lowest BCUT2D eigenvalue weighted by Gasteiger charge is -2.34. The zero-order chi connectivity index (χ0) is 20.7. The molecule has 0 aliphatic carbocycles. The molecule has 3 heterocycles. The average Bonchev–Trinajstić information content (AvgIpc) is 2.72. The monoisotopic (exact) mass is 393 g/mol. The van der Waals surface area contributed by atoms with Gasteiger partial charge in [0.25, 0.3) is 0 Å². The van der Waals surface area contributed by atoms with Crippen molar-refractivity contribution < 1.29 is 0 Å². The van der Waals surface area contributed by atoms with Crippen molar-refractivity contribution in [1.29, 1.82) is 5.26 Å². The van der Waals surface area contributed by atoms with Gasteiger partial charge in [0.1, 0.15) is 11.9 Å². The normalized spacial score (nSPS) is 15.8. The van der Waals surface area contributed by atoms with Crippen LogP contribution in [0.4, 0.5) is 5.82 Å². The molecule has 0 amide bonds. The van der Waals surface area contributed by atoms with E-state index in [0.717, 1.165) is 69.3 Å². The molecule has 0 radical (unpaired) electrons. The van der Waals surface area contributed by atoms with Gasteiger partial charge in [-0.3, -0.25) is 9.88 Å². The highest BCUT2D eigenvalue weighted by Crippen LogP contribution is 2.19. The molecular formula is C22H31N7. The summed E-state index contributed by atoms with van der Waals surface area (Å²) in [5, 5.41) is 12.6. The van der Waals surface area contributed by atoms with Gasteiger partial charge in [-0.05, 0) is 17.5 Å². The molecule has 29 heavy (non-hydrogen) atoms. The van der Waals surface area contributed by atoms with E-state index in [-0.39, 0.29) is 11.2 Å². The Hall–Kier alpha value is -2.56. The molecule has 0 aromatic carbocycles. The predicted molar refractivity (Wildman–Crippen MR) is 114 cm³/mol. The SMILES string of the molecule is CC(C)(C)CNc1nc(C#N)ncc1CN1CCN(CCc2ccccn2)CC1. The molecule has 2 aromatic rings. The Morgan fingerprint density at radius 3 is 2.52 bits per heavy atom. The van der Waals surface area contributed by atoms with Crippen molar-refractivity contribution >= 4 is 5.82 Å². The minimum atomic E-state index is 0.133. The quantitative estimate of drug-likeness (QED) is 0.774. The van der Waals surface area contributed by atoms with Crippen LogP contribution >= 0.6 is 0 Å². The van der Waals surface area contributed by atoms with Gasteiger partial charge in [-0.2, -0.15) is 5.26 Å². The van der Waals surface area contributed by atoms with E-state index in [1.54, 1.807) is 6.20 Å². The third-order valence-corrected chi connectivity index (χ3v) is 5.02. The summed E-state index contributed by atoms with van der Waals surface area (Å²) < 4.78 is 0. The Bertz CT molecular complexity index is 815. The number of anilines is 1. The Labute approximate surface area is 173 Å². The zero-order valence-electron chi connectivity index (χ0n) is 17.7. The maximum atomic E-state index is 9.14. The Balaban J connectivity index is 1.53. The second-order valence-corrected chi connectivity index (χ2v) is 8.78. The van der Waals surface area contributed by atoms with E-state index in [9.17, 15) is 0 Å². The number of aromatic nitrogens is 3. The molecule has 0 spiro atoms. The van der Waals surface area contributed by atoms with E-state index in [4.69, 9.17) is 5.26 Å². The van der Waals surface area contributed by atoms with Gasteiger partial charge in [-0.15, -0.1) is 0 Å². The number of rotatable bonds is 7. The van der Waals surface area contributed by atoms with Gasteiger partial charge >= 0.3 is 0 Å². The van der Waals surface area contributed by atoms with E-state index in [1.165, 1.54) is 0 Å². The van der Waals surface area contributed by atoms with Gasteiger partial charge in [0.2, 0.25) is 5.82 Å². The first kappa shape index (κ1) is 21.2. The molecule has 0 bridgehead atoms. The first-order chi connectivity index (χ1) is 13.9. The standard InChI is InChI=1S/C22H31N7/c1-22(2,3)17-26-21-18(15-25-20(14-23)27-21)16-29-12-10-28(11-13-29)9-7-19-6-4-5-8-24-19/h4-6,8,15H,7,9-13,16-17H2,1-3H3,(H,25,26,27). The fraction of sp³-hybridized carbons (Fsp3) is 0.545. The molecule has 7 nitrogen and oxygen atoms in total. The van der Waals surface area contributed by atoms with Gasteiger partial charge in [-0.1, -0.05) is 26.8 Å². The average molecular weight is 394 g/mol. The van der Waals surface area contributed by atoms with E-state index in [1.807, 2.05) is 24.4 Å². The van der Waals surface area contributed by atoms with Crippen LogP contribution in [0.5, 0.6) is 0 Å². The maximum absolute atomic E-state index is 9.14. The Morgan fingerprint density at radius 1 is 1.10 bits per heavy atom. The summed E-state index contributed by atoms with van der Waals surface area (Å²) in [7, 11) is 0. The first-order valence-corrected chi connectivity index (χ1v) is 10.3. The molecule has 154 valence electrons. The van der Waals surface area contributed by atoms with Gasteiger partial charge in [0.05, 0.1) is 0 Å². The molecule has 1 fully saturated rings. The minimum Gasteiger partial charge on any atom is -0.369 e. The molecule has 0 atom stereocenters. The lowest BCUT2D eigenvalue weighted by Crippen LogP contribution is -2.46. The van der Waals surface area contributed by atoms with Crippen LogP contribution in [0, 0.1) is 16.7 Å². The minimum absolute atomic E-state index is 0.133. The van der Waals surface area contributed by atoms with Crippen molar-refractivity contribution in [3.8, 4) is 6.07 Å². The summed E-state index contributed by atoms with van der Waals surface area (Å²) in [6.07, 6.45) is 4.65. The van der Waals surface area contributed by atoms with E-state index in [0.29, 0.717) is 0 Å². The molecule has 2 aromatic heterocycles. The Kier molecular flexibility index (Phi) is 7.13. The van der Waals surface area contributed by atoms with Crippen LogP contribution in [0.2, 0.25) is 0 Å². The second kappa shape index (κ2) is 9.77. The lowest BCUT2D eigenvalue weighted by atomic mass is 9.97. The van der Waals surface area contributed by atoms with Crippen LogP contribution in [-0.4, -0.2) is 64.0 Å². The van der Waals surface area contributed by atoms with E-state index >= 15 is 0 Å². The summed E-state index contributed by atoms with van der Waals surface area (Å²) in [6, 6.07) is 8.14. The zero-order valence-corrected chi connectivity index (χ0v) is 17.7. The summed E-state index contributed by atoms with van der Waals surface area (Å²) in [4.78, 5) is 17.9. The second-order valence-electron chi connectivity index (χ2n) is 8.78. The number of nitrogens with one attached hydrogen (secondary N) is 1. The highest BCUT2D eigenvalue weighted by atomic mass is 15.3. The van der Waals surface area contributed by atoms with Crippen LogP contribution in [0.3, 0.4) is 0 Å². The van der Waals surface area contributed by atoms with Gasteiger partial charge in [-0.25, -0.2) is 9.97 Å². The maximum Gasteiger partial charge on any atom is 0.234 e. The van der Waals surface area contributed by atoms with Crippen molar-refractivity contribution in [3.63, 3.8) is 0 Å². The number of nitriles is 1. The fourth-order valence-corrected chi connectivity index (χ4v) is 3.31. The molecule has 0 unspecified atom stereocenters. The molecule has 7 heteroatoms. The van der Waals surface area contributed by atoms with Crippen LogP contribution in [0.25, 0.3) is 0 Å². The van der Waals surface area contributed by atoms with Gasteiger partial charge < -0.3 is 10.2 Å². The molecule has 1 aliphatic rings. The summed E-state index contributed by atoms with van der Waals surface area (Å²) in [6.45, 7) is 13.3. The molecule has 1 saturated heterocycles. The van der Waals surface area contributed by atoms with Crippen molar-refractivity contribution in [2.75, 3.05) is 44.6 Å². The highest BCUT2D eigenvalue weighted by molar-refractivity contribution is 5.44. The fourth-order valence-electron chi connectivity index (χ4n) is 3.31. The summed E-state index contributed by atoms with van der Waals surface area (Å²) in [5.41, 5.74) is 2.34. The number of hydrogen-bond donors (Lipinski definition) is 1. The van der Waals surface area contributed by atoms with Gasteiger partial charge in [0.15, 0.2) is 0 Å². The Morgan fingerprint density at radius 2 is 1.86 bits per heavy atom. The predicted octanol–water partition coefficient (Wildman–Crippen LogP) is 2.56. The third-order valence-electron chi connectivity index (χ3n) is 5.02. The number of nitrogens with zero attached hydrogens (tertiary/aromatic N) is 6. The number of piperazine rings is 1. The van der Waals surface area contributed by atoms with Crippen molar-refractivity contribution in [2.45, 2.75) is 33.7 Å². The van der Waals surface area contributed by atoms with Crippen LogP contribution in [-0.2, 0) is 13.0 Å². The molecule has 3 rings (SSSR count). The molecular weight excluding hydrogens is 362 g/mol. The third kappa shape index (κ3) is 6.77. The van der Waals surface area contributed by atoms with Crippen LogP contribution < -0.4 is 5.32 Å². The van der Waals surface area contributed by atoms with Gasteiger partial charge in [0, 0.05) is 75.9 Å². The van der Waals surface area contributed by atoms with E-state index < -0.39 is 0 Å². The lowest BCUT2D eigenvalue weighted by molar-refractivity contribution is 0.128. The summed E-state index contributed by atoms with van der Waals surface area (Å²) in [5.74, 6) is 0.994. The highest BCUT2D eigenvalue weighted by Gasteiger charge is 2.19. The number of pyridine rings is 1.